The molecular weight excluding hydrogens is 247 g/mol. The van der Waals surface area contributed by atoms with Gasteiger partial charge < -0.3 is 9.66 Å². The van der Waals surface area contributed by atoms with Crippen LogP contribution in [0.4, 0.5) is 0 Å². The number of hydrogen-bond acceptors (Lipinski definition) is 3. The van der Waals surface area contributed by atoms with Crippen LogP contribution in [0.15, 0.2) is 53.4 Å². The summed E-state index contributed by atoms with van der Waals surface area (Å²) in [6.07, 6.45) is 0. The molecule has 2 aromatic carbocycles. The Morgan fingerprint density at radius 2 is 1.47 bits per heavy atom. The van der Waals surface area contributed by atoms with Crippen LogP contribution in [0, 0.1) is 0 Å². The molecule has 0 aliphatic rings. The Bertz CT molecular complexity index is 543. The quantitative estimate of drug-likeness (QED) is 0.571. The van der Waals surface area contributed by atoms with Gasteiger partial charge in [0.15, 0.2) is 0 Å². The van der Waals surface area contributed by atoms with Gasteiger partial charge >= 0.3 is 29.6 Å². The molecule has 0 heterocycles. The van der Waals surface area contributed by atoms with Crippen molar-refractivity contribution in [1.29, 1.82) is 0 Å². The molecule has 3 nitrogen and oxygen atoms in total. The van der Waals surface area contributed by atoms with Gasteiger partial charge in [0.05, 0.1) is 0 Å². The van der Waals surface area contributed by atoms with Crippen molar-refractivity contribution in [2.24, 2.45) is 0 Å². The maximum atomic E-state index is 11.0. The van der Waals surface area contributed by atoms with E-state index < -0.39 is 11.1 Å². The zero-order valence-corrected chi connectivity index (χ0v) is 12.1. The van der Waals surface area contributed by atoms with Crippen LogP contribution in [0.2, 0.25) is 0 Å². The third kappa shape index (κ3) is 3.18. The maximum Gasteiger partial charge on any atom is 1.00 e. The molecule has 82 valence electrons. The number of phenols is 1. The van der Waals surface area contributed by atoms with Gasteiger partial charge in [0.25, 0.3) is 0 Å². The standard InChI is InChI=1S/C12H10O3S.Na/c13-11-7-3-1-5-9(11)10-6-2-4-8-12(10)16(14)15;/h1-8,13H,(H,14,15);/q;+1/p-1. The van der Waals surface area contributed by atoms with Crippen molar-refractivity contribution in [1.82, 2.24) is 0 Å². The molecule has 0 saturated heterocycles. The van der Waals surface area contributed by atoms with E-state index in [4.69, 9.17) is 0 Å². The first kappa shape index (κ1) is 14.4. The van der Waals surface area contributed by atoms with Gasteiger partial charge in [-0.25, -0.2) is 0 Å². The van der Waals surface area contributed by atoms with Gasteiger partial charge in [0, 0.05) is 16.0 Å². The molecule has 0 fully saturated rings. The van der Waals surface area contributed by atoms with Crippen LogP contribution < -0.4 is 29.6 Å². The van der Waals surface area contributed by atoms with Gasteiger partial charge in [0.2, 0.25) is 0 Å². The average molecular weight is 256 g/mol. The fourth-order valence-electron chi connectivity index (χ4n) is 1.54. The van der Waals surface area contributed by atoms with Crippen LogP contribution >= 0.6 is 0 Å². The van der Waals surface area contributed by atoms with Crippen molar-refractivity contribution in [2.75, 3.05) is 0 Å². The molecule has 1 unspecified atom stereocenters. The zero-order chi connectivity index (χ0) is 11.5. The van der Waals surface area contributed by atoms with E-state index in [0.29, 0.717) is 11.1 Å². The van der Waals surface area contributed by atoms with Crippen LogP contribution in [-0.2, 0) is 11.1 Å². The SMILES string of the molecule is O=S([O-])c1ccccc1-c1ccccc1O.[Na+]. The summed E-state index contributed by atoms with van der Waals surface area (Å²) in [7, 11) is 0. The molecule has 5 heteroatoms. The second-order valence-electron chi connectivity index (χ2n) is 3.25. The minimum Gasteiger partial charge on any atom is -0.768 e. The molecule has 2 rings (SSSR count). The molecule has 0 spiro atoms. The third-order valence-corrected chi connectivity index (χ3v) is 2.98. The molecule has 0 radical (unpaired) electrons. The van der Waals surface area contributed by atoms with E-state index in [0.717, 1.165) is 0 Å². The second kappa shape index (κ2) is 6.33. The molecule has 0 aromatic heterocycles. The van der Waals surface area contributed by atoms with E-state index in [9.17, 15) is 13.9 Å². The van der Waals surface area contributed by atoms with Crippen molar-refractivity contribution in [2.45, 2.75) is 4.90 Å². The molecule has 0 aliphatic heterocycles. The molecule has 0 amide bonds. The number of aromatic hydroxyl groups is 1. The van der Waals surface area contributed by atoms with Gasteiger partial charge in [-0.2, -0.15) is 0 Å². The number of rotatable bonds is 2. The Balaban J connectivity index is 0.00000144. The molecule has 0 aliphatic carbocycles. The van der Waals surface area contributed by atoms with E-state index in [1.807, 2.05) is 0 Å². The molecule has 2 aromatic rings. The summed E-state index contributed by atoms with van der Waals surface area (Å²) in [4.78, 5) is 0.184. The van der Waals surface area contributed by atoms with Gasteiger partial charge in [-0.05, 0) is 23.2 Å². The number of benzene rings is 2. The summed E-state index contributed by atoms with van der Waals surface area (Å²) in [6.45, 7) is 0. The first-order valence-electron chi connectivity index (χ1n) is 4.67. The van der Waals surface area contributed by atoms with Gasteiger partial charge in [0.1, 0.15) is 5.75 Å². The number of hydrogen-bond donors (Lipinski definition) is 1. The Hall–Kier alpha value is -0.650. The molecule has 0 bridgehead atoms. The van der Waals surface area contributed by atoms with Crippen LogP contribution in [0.3, 0.4) is 0 Å². The Kier molecular flexibility index (Phi) is 5.36. The van der Waals surface area contributed by atoms with Gasteiger partial charge in [-0.1, -0.05) is 36.4 Å². The molecular formula is C12H9NaO3S. The Morgan fingerprint density at radius 1 is 0.941 bits per heavy atom. The first-order valence-corrected chi connectivity index (χ1v) is 5.74. The van der Waals surface area contributed by atoms with Crippen molar-refractivity contribution < 1.29 is 43.4 Å². The normalized spacial score (nSPS) is 11.6. The van der Waals surface area contributed by atoms with Gasteiger partial charge in [-0.15, -0.1) is 0 Å². The molecule has 1 N–H and O–H groups in total. The molecule has 17 heavy (non-hydrogen) atoms. The summed E-state index contributed by atoms with van der Waals surface area (Å²) < 4.78 is 22.0. The fraction of sp³-hybridized carbons (Fsp3) is 0. The smallest absolute Gasteiger partial charge is 0.768 e. The second-order valence-corrected chi connectivity index (χ2v) is 4.16. The Labute approximate surface area is 124 Å². The number of para-hydroxylation sites is 1. The summed E-state index contributed by atoms with van der Waals surface area (Å²) in [6, 6.07) is 13.2. The topological polar surface area (TPSA) is 60.4 Å². The van der Waals surface area contributed by atoms with E-state index in [-0.39, 0.29) is 40.2 Å². The maximum absolute atomic E-state index is 11.0. The van der Waals surface area contributed by atoms with E-state index in [2.05, 4.69) is 0 Å². The zero-order valence-electron chi connectivity index (χ0n) is 9.29. The van der Waals surface area contributed by atoms with Crippen molar-refractivity contribution in [3.05, 3.63) is 48.5 Å². The summed E-state index contributed by atoms with van der Waals surface area (Å²) in [5.74, 6) is 0.0698. The minimum absolute atomic E-state index is 0. The van der Waals surface area contributed by atoms with E-state index in [1.54, 1.807) is 36.4 Å². The fourth-order valence-corrected chi connectivity index (χ4v) is 2.08. The van der Waals surface area contributed by atoms with Crippen LogP contribution in [-0.4, -0.2) is 13.9 Å². The summed E-state index contributed by atoms with van der Waals surface area (Å²) >= 11 is -2.31. The van der Waals surface area contributed by atoms with Crippen molar-refractivity contribution >= 4 is 11.1 Å². The third-order valence-electron chi connectivity index (χ3n) is 2.26. The van der Waals surface area contributed by atoms with Crippen LogP contribution in [0.1, 0.15) is 0 Å². The van der Waals surface area contributed by atoms with Crippen molar-refractivity contribution in [3.8, 4) is 16.9 Å². The minimum atomic E-state index is -2.31. The summed E-state index contributed by atoms with van der Waals surface area (Å²) in [5, 5.41) is 9.67. The molecule has 1 atom stereocenters. The van der Waals surface area contributed by atoms with Gasteiger partial charge in [-0.3, -0.25) is 4.21 Å². The first-order chi connectivity index (χ1) is 7.70. The average Bonchev–Trinajstić information content (AvgIpc) is 2.29. The van der Waals surface area contributed by atoms with E-state index >= 15 is 0 Å². The van der Waals surface area contributed by atoms with Crippen molar-refractivity contribution in [3.63, 3.8) is 0 Å². The van der Waals surface area contributed by atoms with Crippen LogP contribution in [0.25, 0.3) is 11.1 Å². The monoisotopic (exact) mass is 256 g/mol. The predicted molar refractivity (Wildman–Crippen MR) is 60.7 cm³/mol. The molecule has 0 saturated carbocycles. The number of phenolic OH excluding ortho intramolecular Hbond substituents is 1. The van der Waals surface area contributed by atoms with Crippen LogP contribution in [0.5, 0.6) is 5.75 Å². The largest absolute Gasteiger partial charge is 1.00 e. The predicted octanol–water partition coefficient (Wildman–Crippen LogP) is -0.699. The Morgan fingerprint density at radius 3 is 2.06 bits per heavy atom. The summed E-state index contributed by atoms with van der Waals surface area (Å²) in [5.41, 5.74) is 1.02. The van der Waals surface area contributed by atoms with E-state index in [1.165, 1.54) is 12.1 Å².